The number of hydrogen-bond donors (Lipinski definition) is 1. The van der Waals surface area contributed by atoms with Gasteiger partial charge in [0.25, 0.3) is 0 Å². The van der Waals surface area contributed by atoms with Crippen LogP contribution < -0.4 is 5.73 Å². The maximum absolute atomic E-state index is 11.5. The summed E-state index contributed by atoms with van der Waals surface area (Å²) in [5.41, 5.74) is 4.73. The van der Waals surface area contributed by atoms with Crippen molar-refractivity contribution in [3.8, 4) is 0 Å². The Morgan fingerprint density at radius 2 is 2.33 bits per heavy atom. The first kappa shape index (κ1) is 6.62. The van der Waals surface area contributed by atoms with Crippen LogP contribution >= 0.6 is 22.6 Å². The van der Waals surface area contributed by atoms with Crippen LogP contribution in [0.4, 0.5) is 4.39 Å². The summed E-state index contributed by atoms with van der Waals surface area (Å²) in [6.07, 6.45) is -0.637. The quantitative estimate of drug-likeness (QED) is 0.405. The Morgan fingerprint density at radius 1 is 1.83 bits per heavy atom. The lowest BCUT2D eigenvalue weighted by Gasteiger charge is -1.91. The topological polar surface area (TPSA) is 26.0 Å². The highest BCUT2D eigenvalue weighted by molar-refractivity contribution is 14.1. The van der Waals surface area contributed by atoms with Gasteiger partial charge >= 0.3 is 0 Å². The van der Waals surface area contributed by atoms with Crippen molar-refractivity contribution in [2.75, 3.05) is 4.43 Å². The van der Waals surface area contributed by atoms with Crippen molar-refractivity contribution in [2.24, 2.45) is 5.73 Å². The molecular formula is C3H7FIN. The summed E-state index contributed by atoms with van der Waals surface area (Å²) >= 11 is 2.08. The molecule has 1 unspecified atom stereocenters. The Kier molecular flexibility index (Phi) is 4.19. The van der Waals surface area contributed by atoms with E-state index in [0.29, 0.717) is 6.42 Å². The molecule has 0 aliphatic rings. The lowest BCUT2D eigenvalue weighted by atomic mass is 10.5. The van der Waals surface area contributed by atoms with Gasteiger partial charge in [-0.1, -0.05) is 22.6 Å². The second-order valence-corrected chi connectivity index (χ2v) is 2.07. The van der Waals surface area contributed by atoms with E-state index in [9.17, 15) is 4.39 Å². The van der Waals surface area contributed by atoms with Crippen LogP contribution in [0, 0.1) is 0 Å². The molecule has 0 radical (unpaired) electrons. The van der Waals surface area contributed by atoms with Gasteiger partial charge in [-0.15, -0.1) is 0 Å². The van der Waals surface area contributed by atoms with Crippen molar-refractivity contribution in [1.82, 2.24) is 0 Å². The van der Waals surface area contributed by atoms with E-state index in [2.05, 4.69) is 22.6 Å². The Labute approximate surface area is 50.2 Å². The molecular weight excluding hydrogens is 196 g/mol. The lowest BCUT2D eigenvalue weighted by Crippen LogP contribution is -2.12. The summed E-state index contributed by atoms with van der Waals surface area (Å²) in [4.78, 5) is 0. The van der Waals surface area contributed by atoms with Gasteiger partial charge in [0, 0.05) is 10.8 Å². The Hall–Kier alpha value is 0.620. The molecule has 0 aliphatic carbocycles. The van der Waals surface area contributed by atoms with Crippen molar-refractivity contribution in [2.45, 2.75) is 12.7 Å². The fourth-order valence-electron chi connectivity index (χ4n) is 0.104. The number of rotatable bonds is 2. The average Bonchev–Trinajstić information content (AvgIpc) is 1.35. The van der Waals surface area contributed by atoms with E-state index in [-0.39, 0.29) is 0 Å². The van der Waals surface area contributed by atoms with Gasteiger partial charge < -0.3 is 5.73 Å². The lowest BCUT2D eigenvalue weighted by molar-refractivity contribution is 0.339. The first-order valence-corrected chi connectivity index (χ1v) is 3.25. The van der Waals surface area contributed by atoms with Gasteiger partial charge in [0.2, 0.25) is 0 Å². The van der Waals surface area contributed by atoms with Gasteiger partial charge in [0.05, 0.1) is 0 Å². The van der Waals surface area contributed by atoms with Crippen molar-refractivity contribution < 1.29 is 4.39 Å². The van der Waals surface area contributed by atoms with Crippen molar-refractivity contribution >= 4 is 22.6 Å². The van der Waals surface area contributed by atoms with Crippen molar-refractivity contribution in [3.05, 3.63) is 0 Å². The van der Waals surface area contributed by atoms with Crippen molar-refractivity contribution in [1.29, 1.82) is 0 Å². The molecule has 0 aliphatic heterocycles. The summed E-state index contributed by atoms with van der Waals surface area (Å²) in [7, 11) is 0. The molecule has 0 saturated carbocycles. The zero-order chi connectivity index (χ0) is 4.99. The van der Waals surface area contributed by atoms with Gasteiger partial charge in [0.15, 0.2) is 0 Å². The first-order chi connectivity index (χ1) is 2.77. The van der Waals surface area contributed by atoms with Crippen LogP contribution in [0.25, 0.3) is 0 Å². The normalized spacial score (nSPS) is 14.5. The molecule has 0 fully saturated rings. The van der Waals surface area contributed by atoms with Crippen molar-refractivity contribution in [3.63, 3.8) is 0 Å². The molecule has 0 amide bonds. The molecule has 0 spiro atoms. The second kappa shape index (κ2) is 3.80. The minimum absolute atomic E-state index is 0.473. The molecule has 6 heavy (non-hydrogen) atoms. The standard InChI is InChI=1S/C3H7FIN/c4-3(6)1-2-5/h3H,1-2,6H2. The van der Waals surface area contributed by atoms with E-state index in [4.69, 9.17) is 5.73 Å². The van der Waals surface area contributed by atoms with Gasteiger partial charge in [-0.05, 0) is 0 Å². The van der Waals surface area contributed by atoms with E-state index in [1.54, 1.807) is 0 Å². The monoisotopic (exact) mass is 203 g/mol. The van der Waals surface area contributed by atoms with Crippen LogP contribution in [0.3, 0.4) is 0 Å². The number of hydrogen-bond acceptors (Lipinski definition) is 1. The molecule has 1 nitrogen and oxygen atoms in total. The molecule has 0 aromatic heterocycles. The van der Waals surface area contributed by atoms with Crippen LogP contribution in [0.1, 0.15) is 6.42 Å². The maximum atomic E-state index is 11.5. The molecule has 0 aromatic carbocycles. The smallest absolute Gasteiger partial charge is 0.149 e. The molecule has 2 N–H and O–H groups in total. The fourth-order valence-corrected chi connectivity index (χ4v) is 0.699. The van der Waals surface area contributed by atoms with Crippen LogP contribution in [0.15, 0.2) is 0 Å². The van der Waals surface area contributed by atoms with Crippen LogP contribution in [-0.4, -0.2) is 10.7 Å². The largest absolute Gasteiger partial charge is 0.302 e. The highest BCUT2D eigenvalue weighted by Gasteiger charge is 1.91. The molecule has 0 bridgehead atoms. The zero-order valence-corrected chi connectivity index (χ0v) is 5.48. The summed E-state index contributed by atoms with van der Waals surface area (Å²) in [6.45, 7) is 0. The Morgan fingerprint density at radius 3 is 2.33 bits per heavy atom. The molecule has 38 valence electrons. The third kappa shape index (κ3) is 4.62. The minimum atomic E-state index is -1.11. The summed E-state index contributed by atoms with van der Waals surface area (Å²) in [5, 5.41) is 0. The molecule has 1 atom stereocenters. The van der Waals surface area contributed by atoms with E-state index in [0.717, 1.165) is 4.43 Å². The highest BCUT2D eigenvalue weighted by Crippen LogP contribution is 1.92. The first-order valence-electron chi connectivity index (χ1n) is 1.73. The van der Waals surface area contributed by atoms with Crippen LogP contribution in [0.2, 0.25) is 0 Å². The van der Waals surface area contributed by atoms with E-state index < -0.39 is 6.30 Å². The van der Waals surface area contributed by atoms with Gasteiger partial charge in [-0.3, -0.25) is 0 Å². The minimum Gasteiger partial charge on any atom is -0.302 e. The van der Waals surface area contributed by atoms with Gasteiger partial charge in [-0.2, -0.15) is 0 Å². The number of halogens is 2. The predicted molar refractivity (Wildman–Crippen MR) is 32.6 cm³/mol. The Bertz CT molecular complexity index is 32.0. The molecule has 0 heterocycles. The number of nitrogens with two attached hydrogens (primary N) is 1. The van der Waals surface area contributed by atoms with Crippen LogP contribution in [-0.2, 0) is 0 Å². The van der Waals surface area contributed by atoms with Gasteiger partial charge in [-0.25, -0.2) is 4.39 Å². The summed E-state index contributed by atoms with van der Waals surface area (Å²) in [5.74, 6) is 0. The van der Waals surface area contributed by atoms with E-state index in [1.807, 2.05) is 0 Å². The fraction of sp³-hybridized carbons (Fsp3) is 1.00. The third-order valence-corrected chi connectivity index (χ3v) is 1.01. The molecule has 3 heteroatoms. The third-order valence-electron chi connectivity index (χ3n) is 0.385. The predicted octanol–water partition coefficient (Wildman–Crippen LogP) is 1.07. The summed E-state index contributed by atoms with van der Waals surface area (Å²) < 4.78 is 12.3. The van der Waals surface area contributed by atoms with E-state index >= 15 is 0 Å². The zero-order valence-electron chi connectivity index (χ0n) is 3.32. The molecule has 0 aromatic rings. The SMILES string of the molecule is NC(F)CCI. The molecule has 0 saturated heterocycles. The highest BCUT2D eigenvalue weighted by atomic mass is 127. The maximum Gasteiger partial charge on any atom is 0.149 e. The number of alkyl halides is 2. The van der Waals surface area contributed by atoms with E-state index in [1.165, 1.54) is 0 Å². The average molecular weight is 203 g/mol. The van der Waals surface area contributed by atoms with Gasteiger partial charge in [0.1, 0.15) is 6.30 Å². The summed E-state index contributed by atoms with van der Waals surface area (Å²) in [6, 6.07) is 0. The second-order valence-electron chi connectivity index (χ2n) is 0.994. The Balaban J connectivity index is 2.63. The molecule has 0 rings (SSSR count). The van der Waals surface area contributed by atoms with Crippen LogP contribution in [0.5, 0.6) is 0 Å².